The predicted molar refractivity (Wildman–Crippen MR) is 181 cm³/mol. The summed E-state index contributed by atoms with van der Waals surface area (Å²) in [5.41, 5.74) is 6.83. The Labute approximate surface area is 261 Å². The Morgan fingerprint density at radius 3 is 1.22 bits per heavy atom. The topological polar surface area (TPSA) is 100 Å². The van der Waals surface area contributed by atoms with Crippen LogP contribution in [0.3, 0.4) is 0 Å². The Kier molecular flexibility index (Phi) is 8.64. The van der Waals surface area contributed by atoms with Crippen molar-refractivity contribution in [3.8, 4) is 11.4 Å². The van der Waals surface area contributed by atoms with E-state index >= 15 is 0 Å². The second-order valence-corrected chi connectivity index (χ2v) is 10.7. The molecule has 2 aromatic heterocycles. The number of aromatic nitrogens is 4. The van der Waals surface area contributed by atoms with Gasteiger partial charge in [-0.2, -0.15) is 0 Å². The molecule has 6 rings (SSSR count). The number of hydrogen-bond donors (Lipinski definition) is 2. The van der Waals surface area contributed by atoms with E-state index in [9.17, 15) is 9.59 Å². The van der Waals surface area contributed by atoms with E-state index in [-0.39, 0.29) is 11.1 Å². The van der Waals surface area contributed by atoms with Crippen LogP contribution in [0.2, 0.25) is 0 Å². The van der Waals surface area contributed by atoms with Crippen LogP contribution in [0.15, 0.2) is 141 Å². The van der Waals surface area contributed by atoms with Gasteiger partial charge in [-0.3, -0.25) is 29.8 Å². The maximum absolute atomic E-state index is 13.7. The van der Waals surface area contributed by atoms with Crippen molar-refractivity contribution < 1.29 is 0 Å². The van der Waals surface area contributed by atoms with Gasteiger partial charge in [-0.1, -0.05) is 97.1 Å². The standard InChI is InChI=1S/C37H34N6O2/c1-26-32(36(44)42(40-26)30-20-11-5-12-21-30)34(28-16-7-3-8-17-28)38-24-15-25-39-35(29-18-9-4-10-19-29)33-27(2)41-43(37(33)45)31-22-13-6-14-23-31/h3-14,16-23,40-41H,15,24-25H2,1-2H3. The van der Waals surface area contributed by atoms with Crippen molar-refractivity contribution in [2.75, 3.05) is 13.1 Å². The largest absolute Gasteiger partial charge is 0.295 e. The van der Waals surface area contributed by atoms with E-state index in [1.54, 1.807) is 9.36 Å². The summed E-state index contributed by atoms with van der Waals surface area (Å²) in [5.74, 6) is 0. The third-order valence-electron chi connectivity index (χ3n) is 7.60. The number of nitrogens with zero attached hydrogens (tertiary/aromatic N) is 4. The Morgan fingerprint density at radius 2 is 0.867 bits per heavy atom. The van der Waals surface area contributed by atoms with E-state index in [4.69, 9.17) is 9.98 Å². The number of rotatable bonds is 10. The van der Waals surface area contributed by atoms with Crippen LogP contribution in [-0.4, -0.2) is 44.1 Å². The third kappa shape index (κ3) is 6.17. The highest BCUT2D eigenvalue weighted by Crippen LogP contribution is 2.16. The maximum Gasteiger partial charge on any atom is 0.280 e. The molecule has 0 atom stereocenters. The molecule has 45 heavy (non-hydrogen) atoms. The van der Waals surface area contributed by atoms with E-state index in [0.29, 0.717) is 42.1 Å². The highest BCUT2D eigenvalue weighted by atomic mass is 16.1. The number of hydrogen-bond acceptors (Lipinski definition) is 4. The summed E-state index contributed by atoms with van der Waals surface area (Å²) in [6, 6.07) is 38.6. The van der Waals surface area contributed by atoms with Gasteiger partial charge in [0.2, 0.25) is 0 Å². The quantitative estimate of drug-likeness (QED) is 0.150. The van der Waals surface area contributed by atoms with Gasteiger partial charge in [0, 0.05) is 35.6 Å². The fourth-order valence-corrected chi connectivity index (χ4v) is 5.44. The van der Waals surface area contributed by atoms with Gasteiger partial charge in [-0.25, -0.2) is 9.36 Å². The predicted octanol–water partition coefficient (Wildman–Crippen LogP) is 6.03. The fraction of sp³-hybridized carbons (Fsp3) is 0.135. The summed E-state index contributed by atoms with van der Waals surface area (Å²) >= 11 is 0. The number of aromatic amines is 2. The van der Waals surface area contributed by atoms with Crippen molar-refractivity contribution >= 4 is 11.4 Å². The Hall–Kier alpha value is -5.76. The molecule has 2 heterocycles. The van der Waals surface area contributed by atoms with E-state index < -0.39 is 0 Å². The molecule has 4 aromatic carbocycles. The summed E-state index contributed by atoms with van der Waals surface area (Å²) in [6.07, 6.45) is 0.624. The lowest BCUT2D eigenvalue weighted by molar-refractivity contribution is 0.835. The van der Waals surface area contributed by atoms with Crippen LogP contribution in [0.4, 0.5) is 0 Å². The molecule has 0 aliphatic rings. The van der Waals surface area contributed by atoms with Crippen LogP contribution in [-0.2, 0) is 0 Å². The maximum atomic E-state index is 13.7. The molecular weight excluding hydrogens is 560 g/mol. The zero-order chi connectivity index (χ0) is 31.2. The monoisotopic (exact) mass is 594 g/mol. The van der Waals surface area contributed by atoms with E-state index in [0.717, 1.165) is 33.9 Å². The lowest BCUT2D eigenvalue weighted by Crippen LogP contribution is -2.22. The molecule has 0 spiro atoms. The second-order valence-electron chi connectivity index (χ2n) is 10.7. The Morgan fingerprint density at radius 1 is 0.533 bits per heavy atom. The summed E-state index contributed by atoms with van der Waals surface area (Å²) in [5, 5.41) is 6.45. The van der Waals surface area contributed by atoms with Crippen LogP contribution in [0.5, 0.6) is 0 Å². The minimum atomic E-state index is -0.150. The number of aryl methyl sites for hydroxylation is 2. The van der Waals surface area contributed by atoms with Gasteiger partial charge in [-0.15, -0.1) is 0 Å². The summed E-state index contributed by atoms with van der Waals surface area (Å²) in [7, 11) is 0. The van der Waals surface area contributed by atoms with E-state index in [1.165, 1.54) is 0 Å². The minimum absolute atomic E-state index is 0.150. The molecule has 0 saturated carbocycles. The van der Waals surface area contributed by atoms with Gasteiger partial charge in [-0.05, 0) is 44.5 Å². The van der Waals surface area contributed by atoms with Crippen LogP contribution in [0, 0.1) is 13.8 Å². The summed E-state index contributed by atoms with van der Waals surface area (Å²) < 4.78 is 3.11. The van der Waals surface area contributed by atoms with Crippen LogP contribution < -0.4 is 11.1 Å². The van der Waals surface area contributed by atoms with Crippen molar-refractivity contribution in [3.05, 3.63) is 176 Å². The lowest BCUT2D eigenvalue weighted by Gasteiger charge is -2.07. The highest BCUT2D eigenvalue weighted by Gasteiger charge is 2.20. The average molecular weight is 595 g/mol. The second kappa shape index (κ2) is 13.3. The normalized spacial score (nSPS) is 12.0. The molecule has 0 aliphatic heterocycles. The first-order chi connectivity index (χ1) is 22.0. The number of benzene rings is 4. The first-order valence-electron chi connectivity index (χ1n) is 15.0. The highest BCUT2D eigenvalue weighted by molar-refractivity contribution is 6.14. The van der Waals surface area contributed by atoms with Crippen molar-refractivity contribution in [3.63, 3.8) is 0 Å². The first kappa shape index (κ1) is 29.3. The van der Waals surface area contributed by atoms with Gasteiger partial charge in [0.25, 0.3) is 11.1 Å². The van der Waals surface area contributed by atoms with Crippen molar-refractivity contribution in [1.82, 2.24) is 19.6 Å². The average Bonchev–Trinajstić information content (AvgIpc) is 3.55. The molecule has 224 valence electrons. The summed E-state index contributed by atoms with van der Waals surface area (Å²) in [4.78, 5) is 37.2. The molecule has 0 saturated heterocycles. The van der Waals surface area contributed by atoms with Crippen molar-refractivity contribution in [1.29, 1.82) is 0 Å². The molecule has 0 fully saturated rings. The molecule has 0 bridgehead atoms. The van der Waals surface area contributed by atoms with Crippen molar-refractivity contribution in [2.24, 2.45) is 9.98 Å². The fourth-order valence-electron chi connectivity index (χ4n) is 5.44. The van der Waals surface area contributed by atoms with Gasteiger partial charge in [0.1, 0.15) is 0 Å². The summed E-state index contributed by atoms with van der Waals surface area (Å²) in [6.45, 7) is 4.69. The molecule has 2 N–H and O–H groups in total. The van der Waals surface area contributed by atoms with Crippen molar-refractivity contribution in [2.45, 2.75) is 20.3 Å². The van der Waals surface area contributed by atoms with Gasteiger partial charge in [0.05, 0.1) is 33.9 Å². The van der Waals surface area contributed by atoms with E-state index in [1.807, 2.05) is 135 Å². The van der Waals surface area contributed by atoms with Gasteiger partial charge < -0.3 is 0 Å². The molecule has 0 unspecified atom stereocenters. The molecular formula is C37H34N6O2. The van der Waals surface area contributed by atoms with E-state index in [2.05, 4.69) is 10.2 Å². The van der Waals surface area contributed by atoms with Gasteiger partial charge >= 0.3 is 0 Å². The number of aliphatic imine (C=N–C) groups is 2. The zero-order valence-corrected chi connectivity index (χ0v) is 25.3. The van der Waals surface area contributed by atoms with Gasteiger partial charge in [0.15, 0.2) is 0 Å². The Balaban J connectivity index is 1.31. The number of nitrogens with one attached hydrogen (secondary N) is 2. The first-order valence-corrected chi connectivity index (χ1v) is 15.0. The molecule has 0 amide bonds. The smallest absolute Gasteiger partial charge is 0.280 e. The molecule has 0 aliphatic carbocycles. The number of H-pyrrole nitrogens is 2. The molecule has 0 radical (unpaired) electrons. The molecule has 6 aromatic rings. The number of para-hydroxylation sites is 2. The van der Waals surface area contributed by atoms with Crippen LogP contribution >= 0.6 is 0 Å². The SMILES string of the molecule is Cc1[nH]n(-c2ccccc2)c(=O)c1C(=NCCCN=C(c1ccccc1)c1c(C)[nH]n(-c2ccccc2)c1=O)c1ccccc1. The van der Waals surface area contributed by atoms with Crippen LogP contribution in [0.25, 0.3) is 11.4 Å². The minimum Gasteiger partial charge on any atom is -0.295 e. The lowest BCUT2D eigenvalue weighted by atomic mass is 10.0. The zero-order valence-electron chi connectivity index (χ0n) is 25.3. The van der Waals surface area contributed by atoms with Crippen LogP contribution in [0.1, 0.15) is 40.1 Å². The Bertz CT molecular complexity index is 1920. The molecule has 8 heteroatoms. The molecule has 8 nitrogen and oxygen atoms in total. The third-order valence-corrected chi connectivity index (χ3v) is 7.60.